The number of piperidine rings is 1. The van der Waals surface area contributed by atoms with Crippen molar-refractivity contribution in [2.45, 2.75) is 77.9 Å². The molecule has 2 saturated heterocycles. The van der Waals surface area contributed by atoms with Crippen LogP contribution in [0.5, 0.6) is 5.75 Å². The molecule has 2 amide bonds. The smallest absolute Gasteiger partial charge is 0.551 e. The van der Waals surface area contributed by atoms with Gasteiger partial charge in [0.1, 0.15) is 0 Å². The summed E-state index contributed by atoms with van der Waals surface area (Å²) in [5.74, 6) is 0.800. The first-order valence-corrected chi connectivity index (χ1v) is 10.7. The van der Waals surface area contributed by atoms with E-state index in [1.807, 2.05) is 26.0 Å². The molecule has 2 heterocycles. The fourth-order valence-corrected chi connectivity index (χ4v) is 3.83. The van der Waals surface area contributed by atoms with Gasteiger partial charge in [-0.15, -0.1) is 11.6 Å². The Morgan fingerprint density at radius 2 is 1.70 bits per heavy atom. The summed E-state index contributed by atoms with van der Waals surface area (Å²) < 4.78 is 17.1. The maximum atomic E-state index is 10.3. The predicted octanol–water partition coefficient (Wildman–Crippen LogP) is -0.966. The molecule has 0 bridgehead atoms. The van der Waals surface area contributed by atoms with Gasteiger partial charge in [-0.3, -0.25) is 14.9 Å². The second-order valence-corrected chi connectivity index (χ2v) is 7.01. The minimum atomic E-state index is -0.289. The second kappa shape index (κ2) is 21.2. The van der Waals surface area contributed by atoms with Gasteiger partial charge >= 0.3 is 98.5 Å². The largest absolute Gasteiger partial charge is 1.00 e. The summed E-state index contributed by atoms with van der Waals surface area (Å²) in [6, 6.07) is 9.23. The molecule has 0 aromatic heterocycles. The molecular formula is C25H40CsNNaO5-. The molecule has 1 aromatic rings. The number of para-hydroxylation sites is 1. The van der Waals surface area contributed by atoms with Crippen molar-refractivity contribution in [2.24, 2.45) is 0 Å². The summed E-state index contributed by atoms with van der Waals surface area (Å²) in [6.45, 7) is 9.66. The summed E-state index contributed by atoms with van der Waals surface area (Å²) in [5, 5.41) is 2.20. The monoisotopic (exact) mass is 590 g/mol. The molecule has 6 nitrogen and oxygen atoms in total. The van der Waals surface area contributed by atoms with E-state index in [-0.39, 0.29) is 131 Å². The molecule has 1 spiro atoms. The van der Waals surface area contributed by atoms with Crippen LogP contribution in [0.2, 0.25) is 0 Å². The van der Waals surface area contributed by atoms with Crippen molar-refractivity contribution in [3.05, 3.63) is 44.2 Å². The molecule has 3 fully saturated rings. The number of rotatable bonds is 3. The molecule has 0 atom stereocenters. The third kappa shape index (κ3) is 12.8. The minimum Gasteiger partial charge on any atom is -0.551 e. The second-order valence-electron chi connectivity index (χ2n) is 7.01. The van der Waals surface area contributed by atoms with E-state index in [4.69, 9.17) is 14.2 Å². The summed E-state index contributed by atoms with van der Waals surface area (Å²) in [4.78, 5) is 20.7. The van der Waals surface area contributed by atoms with Gasteiger partial charge in [0, 0.05) is 31.4 Å². The Morgan fingerprint density at radius 1 is 1.15 bits per heavy atom. The fraction of sp³-hybridized carbons (Fsp3) is 0.600. The topological polar surface area (TPSA) is 73.9 Å². The maximum Gasteiger partial charge on any atom is 1.00 e. The molecule has 1 aliphatic carbocycles. The first kappa shape index (κ1) is 38.7. The van der Waals surface area contributed by atoms with E-state index in [1.165, 1.54) is 5.56 Å². The van der Waals surface area contributed by atoms with Crippen molar-refractivity contribution in [2.75, 3.05) is 19.8 Å². The molecule has 4 rings (SSSR count). The average molecular weight is 590 g/mol. The summed E-state index contributed by atoms with van der Waals surface area (Å²) in [7, 11) is 0. The summed E-state index contributed by atoms with van der Waals surface area (Å²) in [5.41, 5.74) is 1.25. The van der Waals surface area contributed by atoms with E-state index in [0.717, 1.165) is 44.6 Å². The van der Waals surface area contributed by atoms with Gasteiger partial charge in [-0.1, -0.05) is 40.0 Å². The molecule has 2 aliphatic heterocycles. The Labute approximate surface area is 282 Å². The zero-order valence-corrected chi connectivity index (χ0v) is 28.9. The van der Waals surface area contributed by atoms with Crippen molar-refractivity contribution in [1.82, 2.24) is 5.32 Å². The van der Waals surface area contributed by atoms with Crippen LogP contribution in [0.3, 0.4) is 0 Å². The molecule has 0 radical (unpaired) electrons. The Morgan fingerprint density at radius 3 is 2.15 bits per heavy atom. The fourth-order valence-electron chi connectivity index (χ4n) is 3.83. The van der Waals surface area contributed by atoms with Gasteiger partial charge < -0.3 is 28.6 Å². The number of ether oxygens (including phenoxy) is 3. The zero-order valence-electron chi connectivity index (χ0n) is 20.6. The van der Waals surface area contributed by atoms with Gasteiger partial charge in [0.15, 0.2) is 5.79 Å². The van der Waals surface area contributed by atoms with Crippen molar-refractivity contribution in [3.63, 3.8) is 0 Å². The molecule has 33 heavy (non-hydrogen) atoms. The number of benzene rings is 1. The molecular weight excluding hydrogens is 550 g/mol. The Balaban J connectivity index is -0.000000556. The van der Waals surface area contributed by atoms with E-state index in [2.05, 4.69) is 24.4 Å². The molecule has 8 heteroatoms. The first-order chi connectivity index (χ1) is 14.1. The van der Waals surface area contributed by atoms with Gasteiger partial charge in [0.05, 0.1) is 13.2 Å². The maximum absolute atomic E-state index is 10.3. The number of nitrogens with one attached hydrogen (secondary N) is 1. The Kier molecular flexibility index (Phi) is 24.9. The van der Waals surface area contributed by atoms with E-state index < -0.39 is 0 Å². The van der Waals surface area contributed by atoms with Gasteiger partial charge in [0.25, 0.3) is 0 Å². The summed E-state index contributed by atoms with van der Waals surface area (Å²) in [6.07, 6.45) is 5.81. The molecule has 178 valence electrons. The Bertz CT molecular complexity index is 644. The first-order valence-electron chi connectivity index (χ1n) is 10.7. The number of hydrogen-bond acceptors (Lipinski definition) is 5. The van der Waals surface area contributed by atoms with E-state index in [1.54, 1.807) is 0 Å². The Hall–Kier alpha value is 1.13. The SMILES string of the molecule is C.CC.O=C1CCCC(=O)N1.[CH2-]COc1[c-]cccc1C1CCC2(CC1)OCCO2.[CH3-].[Cs+].[Na+]. The van der Waals surface area contributed by atoms with Gasteiger partial charge in [-0.2, -0.15) is 18.2 Å². The van der Waals surface area contributed by atoms with Crippen LogP contribution in [0.15, 0.2) is 18.2 Å². The van der Waals surface area contributed by atoms with Crippen LogP contribution in [0.25, 0.3) is 0 Å². The zero-order chi connectivity index (χ0) is 21.1. The molecule has 0 unspecified atom stereocenters. The van der Waals surface area contributed by atoms with Crippen LogP contribution in [0.4, 0.5) is 0 Å². The third-order valence-electron chi connectivity index (χ3n) is 5.18. The van der Waals surface area contributed by atoms with Crippen molar-refractivity contribution >= 4 is 11.8 Å². The van der Waals surface area contributed by atoms with Crippen LogP contribution in [0.1, 0.15) is 77.7 Å². The van der Waals surface area contributed by atoms with Gasteiger partial charge in [-0.25, -0.2) is 0 Å². The number of carbonyl (C=O) groups excluding carboxylic acids is 2. The average Bonchev–Trinajstić information content (AvgIpc) is 3.19. The number of imide groups is 1. The molecule has 1 saturated carbocycles. The van der Waals surface area contributed by atoms with E-state index in [9.17, 15) is 9.59 Å². The predicted molar refractivity (Wildman–Crippen MR) is 123 cm³/mol. The van der Waals surface area contributed by atoms with Crippen LogP contribution in [0, 0.1) is 20.4 Å². The quantitative estimate of drug-likeness (QED) is 0.279. The molecule has 1 N–H and O–H groups in total. The number of amides is 2. The van der Waals surface area contributed by atoms with E-state index in [0.29, 0.717) is 31.8 Å². The van der Waals surface area contributed by atoms with E-state index >= 15 is 0 Å². The van der Waals surface area contributed by atoms with Crippen LogP contribution in [-0.2, 0) is 19.1 Å². The van der Waals surface area contributed by atoms with Gasteiger partial charge in [-0.05, 0) is 13.0 Å². The minimum absolute atomic E-state index is 0. The van der Waals surface area contributed by atoms with Crippen molar-refractivity contribution in [1.29, 1.82) is 0 Å². The van der Waals surface area contributed by atoms with Crippen molar-refractivity contribution < 1.29 is 122 Å². The molecule has 1 aromatic carbocycles. The number of carbonyl (C=O) groups is 2. The third-order valence-corrected chi connectivity index (χ3v) is 5.18. The van der Waals surface area contributed by atoms with Gasteiger partial charge in [0.2, 0.25) is 11.8 Å². The van der Waals surface area contributed by atoms with Crippen LogP contribution in [-0.4, -0.2) is 37.4 Å². The normalized spacial score (nSPS) is 18.3. The van der Waals surface area contributed by atoms with Crippen molar-refractivity contribution in [3.8, 4) is 5.75 Å². The standard InChI is InChI=1S/C16H20O3.C5H7NO2.C2H6.CH4.CH3.Cs.Na/c1-2-17-15-6-4-3-5-14(15)13-7-9-16(10-8-13)18-11-12-19-16;7-4-2-1-3-5(8)6-4;1-2;;;;/h3-5,13H,1-2,7-12H2;1-3H2,(H,6,7,8);1-2H3;1H4;1H3;;/q-2;;;;-1;2*+1. The van der Waals surface area contributed by atoms with Crippen LogP contribution < -0.4 is 109 Å². The summed E-state index contributed by atoms with van der Waals surface area (Å²) >= 11 is 0. The number of hydrogen-bond donors (Lipinski definition) is 1. The molecule has 3 aliphatic rings. The van der Waals surface area contributed by atoms with Crippen LogP contribution >= 0.6 is 0 Å².